The molecule has 4 rings (SSSR count). The lowest BCUT2D eigenvalue weighted by molar-refractivity contribution is -0.150. The molecule has 2 aromatic heterocycles. The first kappa shape index (κ1) is 21.7. The van der Waals surface area contributed by atoms with Crippen LogP contribution in [0.5, 0.6) is 5.88 Å². The molecule has 1 unspecified atom stereocenters. The topological polar surface area (TPSA) is 122 Å². The average molecular weight is 479 g/mol. The van der Waals surface area contributed by atoms with Crippen LogP contribution in [0.2, 0.25) is 0 Å². The Morgan fingerprint density at radius 2 is 2.26 bits per heavy atom. The smallest absolute Gasteiger partial charge is 0.352 e. The van der Waals surface area contributed by atoms with Crippen molar-refractivity contribution in [3.8, 4) is 5.88 Å². The maximum Gasteiger partial charge on any atom is 0.352 e. The number of hydrogen-bond acceptors (Lipinski definition) is 9. The van der Waals surface area contributed by atoms with Crippen LogP contribution < -0.4 is 10.1 Å². The Balaban J connectivity index is 1.44. The van der Waals surface area contributed by atoms with E-state index in [1.165, 1.54) is 53.1 Å². The number of carboxylic acid groups (broad SMARTS) is 1. The lowest BCUT2D eigenvalue weighted by atomic mass is 10.0. The number of nitrogens with zero attached hydrogens (tertiary/aromatic N) is 3. The van der Waals surface area contributed by atoms with Gasteiger partial charge in [0.15, 0.2) is 0 Å². The number of amides is 2. The highest BCUT2D eigenvalue weighted by Crippen LogP contribution is 2.41. The van der Waals surface area contributed by atoms with E-state index in [0.29, 0.717) is 28.0 Å². The van der Waals surface area contributed by atoms with Crippen LogP contribution in [0.4, 0.5) is 0 Å². The summed E-state index contributed by atoms with van der Waals surface area (Å²) in [6.07, 6.45) is 3.25. The molecule has 2 aromatic rings. The summed E-state index contributed by atoms with van der Waals surface area (Å²) in [5.41, 5.74) is 0.612. The number of aliphatic carboxylic acids is 1. The third kappa shape index (κ3) is 4.55. The van der Waals surface area contributed by atoms with Crippen molar-refractivity contribution in [1.82, 2.24) is 20.2 Å². The molecule has 2 amide bonds. The Morgan fingerprint density at radius 3 is 2.97 bits per heavy atom. The minimum atomic E-state index is -1.16. The molecule has 2 N–H and O–H groups in total. The monoisotopic (exact) mass is 478 g/mol. The summed E-state index contributed by atoms with van der Waals surface area (Å²) in [5.74, 6) is -0.651. The molecule has 4 heterocycles. The van der Waals surface area contributed by atoms with Gasteiger partial charge in [-0.3, -0.25) is 19.5 Å². The Bertz CT molecular complexity index is 1040. The van der Waals surface area contributed by atoms with Crippen LogP contribution >= 0.6 is 34.9 Å². The molecular formula is C19H18N4O5S3. The molecule has 2 atom stereocenters. The Labute approximate surface area is 190 Å². The van der Waals surface area contributed by atoms with E-state index in [9.17, 15) is 19.5 Å². The van der Waals surface area contributed by atoms with Gasteiger partial charge in [0.05, 0.1) is 25.9 Å². The van der Waals surface area contributed by atoms with Gasteiger partial charge in [-0.15, -0.1) is 34.9 Å². The second-order valence-electron chi connectivity index (χ2n) is 6.66. The second kappa shape index (κ2) is 9.28. The Morgan fingerprint density at radius 1 is 1.42 bits per heavy atom. The fourth-order valence-corrected chi connectivity index (χ4v) is 6.28. The van der Waals surface area contributed by atoms with Gasteiger partial charge >= 0.3 is 5.97 Å². The molecule has 0 aliphatic carbocycles. The van der Waals surface area contributed by atoms with E-state index in [1.807, 2.05) is 17.5 Å². The number of carbonyl (C=O) groups excluding carboxylic acids is 2. The van der Waals surface area contributed by atoms with Crippen molar-refractivity contribution in [3.63, 3.8) is 0 Å². The molecule has 1 fully saturated rings. The van der Waals surface area contributed by atoms with Gasteiger partial charge in [0.2, 0.25) is 11.8 Å². The molecule has 31 heavy (non-hydrogen) atoms. The molecule has 12 heteroatoms. The van der Waals surface area contributed by atoms with Crippen molar-refractivity contribution in [2.45, 2.75) is 22.9 Å². The zero-order valence-electron chi connectivity index (χ0n) is 16.3. The van der Waals surface area contributed by atoms with Gasteiger partial charge in [0.25, 0.3) is 5.91 Å². The van der Waals surface area contributed by atoms with E-state index in [2.05, 4.69) is 15.3 Å². The lowest BCUT2D eigenvalue weighted by Gasteiger charge is -2.49. The molecule has 2 aliphatic heterocycles. The van der Waals surface area contributed by atoms with Crippen LogP contribution in [0.25, 0.3) is 0 Å². The van der Waals surface area contributed by atoms with Crippen LogP contribution in [-0.4, -0.2) is 67.8 Å². The highest BCUT2D eigenvalue weighted by molar-refractivity contribution is 8.01. The number of methoxy groups -OCH3 is 1. The van der Waals surface area contributed by atoms with Crippen molar-refractivity contribution in [2.75, 3.05) is 18.6 Å². The van der Waals surface area contributed by atoms with E-state index in [4.69, 9.17) is 4.74 Å². The first-order valence-corrected chi connectivity index (χ1v) is 12.1. The number of aromatic nitrogens is 2. The molecule has 162 valence electrons. The van der Waals surface area contributed by atoms with Gasteiger partial charge in [-0.2, -0.15) is 0 Å². The van der Waals surface area contributed by atoms with Crippen molar-refractivity contribution in [1.29, 1.82) is 0 Å². The zero-order chi connectivity index (χ0) is 22.0. The Hall–Kier alpha value is -2.57. The van der Waals surface area contributed by atoms with Crippen molar-refractivity contribution in [2.24, 2.45) is 0 Å². The van der Waals surface area contributed by atoms with Gasteiger partial charge in [0.1, 0.15) is 22.1 Å². The fourth-order valence-electron chi connectivity index (χ4n) is 3.25. The number of hydrogen-bond donors (Lipinski definition) is 2. The summed E-state index contributed by atoms with van der Waals surface area (Å²) in [6.45, 7) is 0. The summed E-state index contributed by atoms with van der Waals surface area (Å²) in [7, 11) is 1.49. The normalized spacial score (nSPS) is 20.2. The Kier molecular flexibility index (Phi) is 6.49. The summed E-state index contributed by atoms with van der Waals surface area (Å²) in [5, 5.41) is 14.6. The maximum absolute atomic E-state index is 12.7. The summed E-state index contributed by atoms with van der Waals surface area (Å²) in [4.78, 5) is 47.4. The average Bonchev–Trinajstić information content (AvgIpc) is 3.28. The molecule has 2 aliphatic rings. The van der Waals surface area contributed by atoms with Crippen molar-refractivity contribution >= 4 is 52.6 Å². The van der Waals surface area contributed by atoms with Gasteiger partial charge in [0, 0.05) is 16.4 Å². The third-order valence-corrected chi connectivity index (χ3v) is 7.88. The number of ether oxygens (including phenoxy) is 1. The largest absolute Gasteiger partial charge is 0.480 e. The number of thioether (sulfide) groups is 2. The number of nitrogens with one attached hydrogen (secondary N) is 1. The number of thiophene rings is 1. The standard InChI is InChI=1S/C19H18N4O5S3/c1-28-13-6-20-7-14(22-13)30-8-10-9-31-18-15(17(25)23(18)16(10)19(26)27)21-12(24)5-11-3-2-4-29-11/h2-4,6-7,15,18H,5,8-9H2,1H3,(H,21,24)(H,26,27)/t15?,18-/m1/s1. The second-order valence-corrected chi connectivity index (χ2v) is 9.79. The van der Waals surface area contributed by atoms with E-state index in [-0.39, 0.29) is 18.0 Å². The van der Waals surface area contributed by atoms with Crippen molar-refractivity contribution in [3.05, 3.63) is 46.1 Å². The predicted octanol–water partition coefficient (Wildman–Crippen LogP) is 1.62. The van der Waals surface area contributed by atoms with E-state index < -0.39 is 23.3 Å². The van der Waals surface area contributed by atoms with Crippen LogP contribution in [-0.2, 0) is 20.8 Å². The summed E-state index contributed by atoms with van der Waals surface area (Å²) >= 11 is 4.24. The van der Waals surface area contributed by atoms with Crippen LogP contribution in [0.1, 0.15) is 4.88 Å². The summed E-state index contributed by atoms with van der Waals surface area (Å²) < 4.78 is 5.05. The SMILES string of the molecule is COc1cncc(SCC2=C(C(=O)O)N3C(=O)C(NC(=O)Cc4cccs4)[C@H]3SC2)n1. The van der Waals surface area contributed by atoms with Crippen LogP contribution in [0, 0.1) is 0 Å². The van der Waals surface area contributed by atoms with E-state index in [1.54, 1.807) is 6.20 Å². The maximum atomic E-state index is 12.7. The van der Waals surface area contributed by atoms with E-state index >= 15 is 0 Å². The first-order chi connectivity index (χ1) is 15.0. The number of rotatable bonds is 8. The third-order valence-electron chi connectivity index (χ3n) is 4.67. The molecule has 0 saturated carbocycles. The molecule has 1 saturated heterocycles. The quantitative estimate of drug-likeness (QED) is 0.430. The van der Waals surface area contributed by atoms with Crippen molar-refractivity contribution < 1.29 is 24.2 Å². The first-order valence-electron chi connectivity index (χ1n) is 9.18. The van der Waals surface area contributed by atoms with Gasteiger partial charge < -0.3 is 15.2 Å². The number of carboxylic acids is 1. The van der Waals surface area contributed by atoms with Crippen LogP contribution in [0.3, 0.4) is 0 Å². The number of carbonyl (C=O) groups is 3. The minimum absolute atomic E-state index is 0.0131. The molecule has 0 spiro atoms. The zero-order valence-corrected chi connectivity index (χ0v) is 18.8. The number of β-lactam (4-membered cyclic amide) rings is 1. The van der Waals surface area contributed by atoms with Crippen LogP contribution in [0.15, 0.2) is 46.2 Å². The van der Waals surface area contributed by atoms with Gasteiger partial charge in [-0.25, -0.2) is 9.78 Å². The lowest BCUT2D eigenvalue weighted by Crippen LogP contribution is -2.70. The molecule has 0 radical (unpaired) electrons. The highest BCUT2D eigenvalue weighted by atomic mass is 32.2. The molecule has 0 bridgehead atoms. The number of fused-ring (bicyclic) bond motifs is 1. The molecule has 0 aromatic carbocycles. The summed E-state index contributed by atoms with van der Waals surface area (Å²) in [6, 6.07) is 3.00. The van der Waals surface area contributed by atoms with E-state index in [0.717, 1.165) is 4.88 Å². The fraction of sp³-hybridized carbons (Fsp3) is 0.316. The minimum Gasteiger partial charge on any atom is -0.480 e. The highest BCUT2D eigenvalue weighted by Gasteiger charge is 2.54. The predicted molar refractivity (Wildman–Crippen MR) is 117 cm³/mol. The van der Waals surface area contributed by atoms with Gasteiger partial charge in [-0.05, 0) is 17.0 Å². The molecular weight excluding hydrogens is 460 g/mol. The van der Waals surface area contributed by atoms with Gasteiger partial charge in [-0.1, -0.05) is 6.07 Å². The molecule has 9 nitrogen and oxygen atoms in total.